The molecule has 0 heterocycles. The van der Waals surface area contributed by atoms with Crippen molar-refractivity contribution in [1.29, 1.82) is 0 Å². The quantitative estimate of drug-likeness (QED) is 0.620. The highest BCUT2D eigenvalue weighted by atomic mass is 32.2. The Morgan fingerprint density at radius 3 is 1.36 bits per heavy atom. The minimum absolute atomic E-state index is 0.0599. The van der Waals surface area contributed by atoms with E-state index in [2.05, 4.69) is 0 Å². The van der Waals surface area contributed by atoms with E-state index in [-0.39, 0.29) is 13.2 Å². The molecule has 0 aromatic carbocycles. The second kappa shape index (κ2) is 2.33. The highest BCUT2D eigenvalue weighted by molar-refractivity contribution is 7.91. The van der Waals surface area contributed by atoms with Gasteiger partial charge in [-0.05, 0) is 0 Å². The molecule has 0 amide bonds. The summed E-state index contributed by atoms with van der Waals surface area (Å²) in [5, 5.41) is -4.99. The maximum absolute atomic E-state index is 12.1. The van der Waals surface area contributed by atoms with Crippen LogP contribution in [0.5, 0.6) is 0 Å². The molecule has 2 nitrogen and oxygen atoms in total. The lowest BCUT2D eigenvalue weighted by atomic mass is 10.4. The van der Waals surface area contributed by atoms with Crippen LogP contribution in [0.4, 0.5) is 17.6 Å². The minimum Gasteiger partial charge on any atom is -0.223 e. The van der Waals surface area contributed by atoms with Crippen LogP contribution >= 0.6 is 0 Å². The molecule has 0 rings (SSSR count). The van der Waals surface area contributed by atoms with Crippen molar-refractivity contribution in [1.82, 2.24) is 0 Å². The van der Waals surface area contributed by atoms with Crippen molar-refractivity contribution in [2.24, 2.45) is 0 Å². The molecule has 0 atom stereocenters. The maximum Gasteiger partial charge on any atom is 0.406 e. The molecule has 0 aromatic rings. The third-order valence-electron chi connectivity index (χ3n) is 0.977. The molecule has 0 aliphatic carbocycles. The van der Waals surface area contributed by atoms with E-state index >= 15 is 0 Å². The average Bonchev–Trinajstić information content (AvgIpc) is 1.58. The van der Waals surface area contributed by atoms with Gasteiger partial charge in [0.25, 0.3) is 0 Å². The first-order chi connectivity index (χ1) is 4.50. The summed E-state index contributed by atoms with van der Waals surface area (Å²) in [4.78, 5) is 0. The van der Waals surface area contributed by atoms with Crippen molar-refractivity contribution in [3.63, 3.8) is 0 Å². The molecule has 0 aromatic heterocycles. The van der Waals surface area contributed by atoms with Gasteiger partial charge in [0, 0.05) is 13.2 Å². The van der Waals surface area contributed by atoms with E-state index in [1.165, 1.54) is 0 Å². The summed E-state index contributed by atoms with van der Waals surface area (Å²) in [7, 11) is -5.04. The SMILES string of the molecule is CC(F)(F)C(F)(F)S(C)(=O)=O. The van der Waals surface area contributed by atoms with E-state index in [0.29, 0.717) is 0 Å². The Bertz CT molecular complexity index is 237. The number of sulfone groups is 1. The van der Waals surface area contributed by atoms with Gasteiger partial charge in [0.05, 0.1) is 0 Å². The second-order valence-electron chi connectivity index (χ2n) is 2.18. The summed E-state index contributed by atoms with van der Waals surface area (Å²) in [5.41, 5.74) is 0. The van der Waals surface area contributed by atoms with Gasteiger partial charge in [-0.15, -0.1) is 0 Å². The number of hydrogen-bond donors (Lipinski definition) is 0. The van der Waals surface area contributed by atoms with Gasteiger partial charge in [0.15, 0.2) is 0 Å². The monoisotopic (exact) mass is 194 g/mol. The first-order valence-electron chi connectivity index (χ1n) is 2.45. The molecule has 0 bridgehead atoms. The fourth-order valence-electron chi connectivity index (χ4n) is 0.326. The van der Waals surface area contributed by atoms with Gasteiger partial charge in [0.1, 0.15) is 0 Å². The zero-order valence-corrected chi connectivity index (χ0v) is 6.55. The lowest BCUT2D eigenvalue weighted by molar-refractivity contribution is -0.143. The predicted molar refractivity (Wildman–Crippen MR) is 30.4 cm³/mol. The standard InChI is InChI=1S/C4H6F4O2S/c1-3(5,6)4(7,8)11(2,9)10/h1-2H3. The van der Waals surface area contributed by atoms with Gasteiger partial charge in [0.2, 0.25) is 9.84 Å². The van der Waals surface area contributed by atoms with Crippen molar-refractivity contribution in [2.45, 2.75) is 18.1 Å². The molecule has 0 radical (unpaired) electrons. The highest BCUT2D eigenvalue weighted by Crippen LogP contribution is 2.37. The molecule has 0 fully saturated rings. The van der Waals surface area contributed by atoms with Crippen LogP contribution < -0.4 is 0 Å². The predicted octanol–water partition coefficient (Wildman–Crippen LogP) is 1.28. The molecule has 68 valence electrons. The van der Waals surface area contributed by atoms with E-state index < -0.39 is 21.0 Å². The molecule has 0 N–H and O–H groups in total. The molecule has 11 heavy (non-hydrogen) atoms. The van der Waals surface area contributed by atoms with Crippen molar-refractivity contribution < 1.29 is 26.0 Å². The number of hydrogen-bond acceptors (Lipinski definition) is 2. The Kier molecular flexibility index (Phi) is 2.26. The lowest BCUT2D eigenvalue weighted by Crippen LogP contribution is -2.44. The molecular formula is C4H6F4O2S. The Hall–Kier alpha value is -0.330. The average molecular weight is 194 g/mol. The molecule has 0 aliphatic heterocycles. The van der Waals surface area contributed by atoms with Crippen LogP contribution in [-0.2, 0) is 9.84 Å². The van der Waals surface area contributed by atoms with Crippen LogP contribution in [-0.4, -0.2) is 25.9 Å². The van der Waals surface area contributed by atoms with Gasteiger partial charge in [-0.3, -0.25) is 0 Å². The van der Waals surface area contributed by atoms with Crippen molar-refractivity contribution in [3.05, 3.63) is 0 Å². The van der Waals surface area contributed by atoms with Gasteiger partial charge in [-0.2, -0.15) is 17.6 Å². The molecule has 0 unspecified atom stereocenters. The zero-order valence-electron chi connectivity index (χ0n) is 5.74. The maximum atomic E-state index is 12.1. The Labute approximate surface area is 61.1 Å². The highest BCUT2D eigenvalue weighted by Gasteiger charge is 2.60. The van der Waals surface area contributed by atoms with Crippen LogP contribution in [0.15, 0.2) is 0 Å². The van der Waals surface area contributed by atoms with Crippen LogP contribution in [0.25, 0.3) is 0 Å². The van der Waals surface area contributed by atoms with Crippen LogP contribution in [0, 0.1) is 0 Å². The van der Waals surface area contributed by atoms with Crippen LogP contribution in [0.1, 0.15) is 6.92 Å². The Balaban J connectivity index is 5.08. The first-order valence-corrected chi connectivity index (χ1v) is 4.34. The Morgan fingerprint density at radius 2 is 1.36 bits per heavy atom. The molecule has 0 saturated carbocycles. The normalized spacial score (nSPS) is 15.1. The minimum atomic E-state index is -5.04. The Morgan fingerprint density at radius 1 is 1.09 bits per heavy atom. The second-order valence-corrected chi connectivity index (χ2v) is 4.23. The van der Waals surface area contributed by atoms with E-state index in [1.807, 2.05) is 0 Å². The lowest BCUT2D eigenvalue weighted by Gasteiger charge is -2.20. The van der Waals surface area contributed by atoms with Gasteiger partial charge in [-0.1, -0.05) is 0 Å². The summed E-state index contributed by atoms with van der Waals surface area (Å²) < 4.78 is 68.1. The van der Waals surface area contributed by atoms with E-state index in [1.54, 1.807) is 0 Å². The zero-order chi connectivity index (χ0) is 9.50. The van der Waals surface area contributed by atoms with Crippen LogP contribution in [0.2, 0.25) is 0 Å². The largest absolute Gasteiger partial charge is 0.406 e. The van der Waals surface area contributed by atoms with Crippen molar-refractivity contribution >= 4 is 9.84 Å². The molecular weight excluding hydrogens is 188 g/mol. The summed E-state index contributed by atoms with van der Waals surface area (Å²) in [5.74, 6) is -4.54. The fourth-order valence-corrected chi connectivity index (χ4v) is 0.977. The van der Waals surface area contributed by atoms with Crippen molar-refractivity contribution in [2.75, 3.05) is 6.26 Å². The topological polar surface area (TPSA) is 34.1 Å². The van der Waals surface area contributed by atoms with Crippen molar-refractivity contribution in [3.8, 4) is 0 Å². The number of rotatable bonds is 2. The van der Waals surface area contributed by atoms with Gasteiger partial charge in [-0.25, -0.2) is 8.42 Å². The fraction of sp³-hybridized carbons (Fsp3) is 1.00. The van der Waals surface area contributed by atoms with Crippen LogP contribution in [0.3, 0.4) is 0 Å². The summed E-state index contributed by atoms with van der Waals surface area (Å²) in [6.07, 6.45) is 0.0599. The van der Waals surface area contributed by atoms with E-state index in [9.17, 15) is 26.0 Å². The first kappa shape index (κ1) is 10.7. The molecule has 7 heteroatoms. The molecule has 0 saturated heterocycles. The number of halogens is 4. The van der Waals surface area contributed by atoms with Gasteiger partial charge >= 0.3 is 11.2 Å². The van der Waals surface area contributed by atoms with E-state index in [0.717, 1.165) is 0 Å². The third kappa shape index (κ3) is 1.82. The molecule has 0 aliphatic rings. The summed E-state index contributed by atoms with van der Waals surface area (Å²) >= 11 is 0. The molecule has 0 spiro atoms. The smallest absolute Gasteiger partial charge is 0.223 e. The van der Waals surface area contributed by atoms with Gasteiger partial charge < -0.3 is 0 Å². The summed E-state index contributed by atoms with van der Waals surface area (Å²) in [6.45, 7) is -0.145. The van der Waals surface area contributed by atoms with E-state index in [4.69, 9.17) is 0 Å². The third-order valence-corrected chi connectivity index (χ3v) is 2.27. The number of alkyl halides is 4. The summed E-state index contributed by atoms with van der Waals surface area (Å²) in [6, 6.07) is 0.